The van der Waals surface area contributed by atoms with Gasteiger partial charge in [0.1, 0.15) is 10.8 Å². The zero-order chi connectivity index (χ0) is 20.4. The normalized spacial score (nSPS) is 12.4. The van der Waals surface area contributed by atoms with E-state index in [0.717, 1.165) is 22.1 Å². The topological polar surface area (TPSA) is 107 Å². The molecule has 7 nitrogen and oxygen atoms in total. The monoisotopic (exact) mass is 430 g/mol. The summed E-state index contributed by atoms with van der Waals surface area (Å²) in [4.78, 5) is 15.3. The molecule has 10 heteroatoms. The van der Waals surface area contributed by atoms with Gasteiger partial charge < -0.3 is 9.54 Å². The van der Waals surface area contributed by atoms with Crippen molar-refractivity contribution in [2.24, 2.45) is 0 Å². The molecule has 0 aliphatic rings. The Morgan fingerprint density at radius 1 is 1.14 bits per heavy atom. The largest absolute Gasteiger partial charge is 0.760 e. The molecule has 0 fully saturated rings. The van der Waals surface area contributed by atoms with Crippen molar-refractivity contribution < 1.29 is 13.2 Å². The molecule has 2 N–H and O–H groups in total. The van der Waals surface area contributed by atoms with Crippen molar-refractivity contribution in [1.82, 2.24) is 24.7 Å². The van der Waals surface area contributed by atoms with Gasteiger partial charge in [0.25, 0.3) is 0 Å². The van der Waals surface area contributed by atoms with Gasteiger partial charge in [-0.05, 0) is 35.7 Å². The number of nitrogens with one attached hydrogen (secondary N) is 2. The summed E-state index contributed by atoms with van der Waals surface area (Å²) in [5.41, 5.74) is 4.47. The van der Waals surface area contributed by atoms with E-state index in [2.05, 4.69) is 24.7 Å². The van der Waals surface area contributed by atoms with Crippen LogP contribution in [-0.4, -0.2) is 35.2 Å². The second kappa shape index (κ2) is 8.34. The first-order valence-electron chi connectivity index (χ1n) is 8.58. The molecule has 0 saturated carbocycles. The fourth-order valence-corrected chi connectivity index (χ4v) is 3.53. The lowest BCUT2D eigenvalue weighted by molar-refractivity contribution is 0.523. The van der Waals surface area contributed by atoms with E-state index in [-0.39, 0.29) is 6.54 Å². The van der Waals surface area contributed by atoms with Gasteiger partial charge in [-0.2, -0.15) is 4.39 Å². The third-order valence-corrected chi connectivity index (χ3v) is 5.21. The first-order chi connectivity index (χ1) is 14.0. The molecule has 0 aromatic carbocycles. The van der Waals surface area contributed by atoms with E-state index < -0.39 is 17.2 Å². The zero-order valence-corrected chi connectivity index (χ0v) is 16.4. The van der Waals surface area contributed by atoms with Crippen LogP contribution in [0.4, 0.5) is 4.39 Å². The van der Waals surface area contributed by atoms with Crippen molar-refractivity contribution in [3.8, 4) is 22.3 Å². The molecular formula is C19H14ClFN5O2S-. The van der Waals surface area contributed by atoms with Gasteiger partial charge in [-0.3, -0.25) is 4.21 Å². The van der Waals surface area contributed by atoms with Gasteiger partial charge in [-0.15, -0.1) is 0 Å². The van der Waals surface area contributed by atoms with Crippen LogP contribution in [0.2, 0.25) is 5.15 Å². The number of pyridine rings is 3. The maximum atomic E-state index is 13.5. The summed E-state index contributed by atoms with van der Waals surface area (Å²) in [6.45, 7) is 0.216. The number of nitrogens with zero attached hydrogens (tertiary/aromatic N) is 3. The summed E-state index contributed by atoms with van der Waals surface area (Å²) in [6.07, 6.45) is 6.92. The SMILES string of the molecule is O=S([O-])NCCc1cc(-c2cnc3[nH]cc(-c4ccnc(F)c4)c3c2)cnc1Cl. The lowest BCUT2D eigenvalue weighted by atomic mass is 10.0. The van der Waals surface area contributed by atoms with E-state index in [0.29, 0.717) is 28.3 Å². The fraction of sp³-hybridized carbons (Fsp3) is 0.105. The molecule has 4 aromatic rings. The number of aromatic nitrogens is 4. The zero-order valence-electron chi connectivity index (χ0n) is 14.9. The summed E-state index contributed by atoms with van der Waals surface area (Å²) in [6, 6.07) is 6.88. The number of fused-ring (bicyclic) bond motifs is 1. The molecule has 0 spiro atoms. The Hall–Kier alpha value is -2.72. The lowest BCUT2D eigenvalue weighted by Crippen LogP contribution is -2.19. The predicted molar refractivity (Wildman–Crippen MR) is 108 cm³/mol. The lowest BCUT2D eigenvalue weighted by Gasteiger charge is -2.10. The average molecular weight is 431 g/mol. The van der Waals surface area contributed by atoms with Crippen LogP contribution >= 0.6 is 11.6 Å². The second-order valence-electron chi connectivity index (χ2n) is 6.24. The van der Waals surface area contributed by atoms with Crippen LogP contribution in [0.1, 0.15) is 5.56 Å². The Morgan fingerprint density at radius 2 is 1.93 bits per heavy atom. The van der Waals surface area contributed by atoms with Crippen molar-refractivity contribution in [3.05, 3.63) is 65.7 Å². The maximum absolute atomic E-state index is 13.5. The molecule has 1 atom stereocenters. The van der Waals surface area contributed by atoms with Gasteiger partial charge in [0, 0.05) is 70.7 Å². The van der Waals surface area contributed by atoms with E-state index in [1.54, 1.807) is 24.7 Å². The number of hydrogen-bond acceptors (Lipinski definition) is 5. The van der Waals surface area contributed by atoms with Crippen molar-refractivity contribution in [2.75, 3.05) is 6.54 Å². The number of hydrogen-bond donors (Lipinski definition) is 2. The van der Waals surface area contributed by atoms with Crippen molar-refractivity contribution in [1.29, 1.82) is 0 Å². The van der Waals surface area contributed by atoms with Gasteiger partial charge in [0.05, 0.1) is 0 Å². The van der Waals surface area contributed by atoms with Gasteiger partial charge in [0.2, 0.25) is 5.95 Å². The van der Waals surface area contributed by atoms with Crippen LogP contribution in [0, 0.1) is 5.95 Å². The van der Waals surface area contributed by atoms with Gasteiger partial charge in [0.15, 0.2) is 0 Å². The van der Waals surface area contributed by atoms with Gasteiger partial charge in [-0.25, -0.2) is 19.7 Å². The highest BCUT2D eigenvalue weighted by Gasteiger charge is 2.11. The molecule has 4 heterocycles. The van der Waals surface area contributed by atoms with Crippen LogP contribution in [0.25, 0.3) is 33.3 Å². The highest BCUT2D eigenvalue weighted by molar-refractivity contribution is 7.77. The molecule has 4 aromatic heterocycles. The summed E-state index contributed by atoms with van der Waals surface area (Å²) < 4.78 is 37.1. The molecule has 29 heavy (non-hydrogen) atoms. The van der Waals surface area contributed by atoms with Crippen molar-refractivity contribution in [2.45, 2.75) is 6.42 Å². The number of rotatable bonds is 6. The van der Waals surface area contributed by atoms with Gasteiger partial charge >= 0.3 is 0 Å². The summed E-state index contributed by atoms with van der Waals surface area (Å²) in [7, 11) is 0. The summed E-state index contributed by atoms with van der Waals surface area (Å²) in [5, 5.41) is 1.14. The first kappa shape index (κ1) is 19.6. The van der Waals surface area contributed by atoms with Crippen molar-refractivity contribution in [3.63, 3.8) is 0 Å². The Balaban J connectivity index is 1.71. The van der Waals surface area contributed by atoms with E-state index in [1.165, 1.54) is 12.3 Å². The molecule has 0 aliphatic carbocycles. The third-order valence-electron chi connectivity index (χ3n) is 4.43. The average Bonchev–Trinajstić information content (AvgIpc) is 3.12. The Kier molecular flexibility index (Phi) is 5.63. The second-order valence-corrected chi connectivity index (χ2v) is 7.36. The quantitative estimate of drug-likeness (QED) is 0.360. The van der Waals surface area contributed by atoms with Crippen LogP contribution in [0.3, 0.4) is 0 Å². The highest BCUT2D eigenvalue weighted by Crippen LogP contribution is 2.31. The Bertz CT molecular complexity index is 1220. The molecule has 4 rings (SSSR count). The standard InChI is InChI=1S/C19H15ClFN5O2S/c20-18-12(2-4-26-29(27)28)5-13(8-23-18)14-6-15-16(10-25-19(15)24-9-14)11-1-3-22-17(21)7-11/h1,3,5-10,26H,2,4H2,(H,24,25)(H,27,28)/p-1. The van der Waals surface area contributed by atoms with Crippen LogP contribution in [0.15, 0.2) is 49.1 Å². The predicted octanol–water partition coefficient (Wildman–Crippen LogP) is 3.41. The molecule has 0 aliphatic heterocycles. The molecule has 0 saturated heterocycles. The number of aromatic amines is 1. The molecule has 148 valence electrons. The third kappa shape index (κ3) is 4.33. The number of H-pyrrole nitrogens is 1. The van der Waals surface area contributed by atoms with Crippen LogP contribution in [0.5, 0.6) is 0 Å². The molecular weight excluding hydrogens is 417 g/mol. The smallest absolute Gasteiger partial charge is 0.213 e. The summed E-state index contributed by atoms with van der Waals surface area (Å²) >= 11 is 3.81. The minimum absolute atomic E-state index is 0.216. The van der Waals surface area contributed by atoms with Crippen LogP contribution < -0.4 is 4.72 Å². The molecule has 1 unspecified atom stereocenters. The minimum Gasteiger partial charge on any atom is -0.760 e. The molecule has 0 radical (unpaired) electrons. The van der Waals surface area contributed by atoms with E-state index in [9.17, 15) is 13.2 Å². The molecule has 0 bridgehead atoms. The fourth-order valence-electron chi connectivity index (χ4n) is 3.07. The Labute approximate surface area is 172 Å². The highest BCUT2D eigenvalue weighted by atomic mass is 35.5. The van der Waals surface area contributed by atoms with Crippen LogP contribution in [-0.2, 0) is 17.7 Å². The minimum atomic E-state index is -2.33. The van der Waals surface area contributed by atoms with Gasteiger partial charge in [-0.1, -0.05) is 11.6 Å². The Morgan fingerprint density at radius 3 is 2.72 bits per heavy atom. The molecule has 0 amide bonds. The van der Waals surface area contributed by atoms with Crippen molar-refractivity contribution >= 4 is 33.9 Å². The van der Waals surface area contributed by atoms with E-state index in [1.807, 2.05) is 12.1 Å². The maximum Gasteiger partial charge on any atom is 0.213 e. The number of halogens is 2. The first-order valence-corrected chi connectivity index (χ1v) is 10.0. The summed E-state index contributed by atoms with van der Waals surface area (Å²) in [5.74, 6) is -0.555. The van der Waals surface area contributed by atoms with E-state index >= 15 is 0 Å². The van der Waals surface area contributed by atoms with E-state index in [4.69, 9.17) is 11.6 Å².